The van der Waals surface area contributed by atoms with Gasteiger partial charge in [-0.05, 0) is 12.1 Å². The molecule has 0 atom stereocenters. The second-order valence-electron chi connectivity index (χ2n) is 2.20. The molecule has 1 aromatic rings. The van der Waals surface area contributed by atoms with E-state index in [2.05, 4.69) is 10.3 Å². The Labute approximate surface area is 76.2 Å². The monoisotopic (exact) mass is 184 g/mol. The van der Waals surface area contributed by atoms with E-state index >= 15 is 0 Å². The van der Waals surface area contributed by atoms with Crippen LogP contribution in [0.15, 0.2) is 23.2 Å². The fraction of sp³-hybridized carbons (Fsp3) is 0.375. The van der Waals surface area contributed by atoms with Gasteiger partial charge in [0, 0.05) is 23.9 Å². The Balaban J connectivity index is 2.60. The van der Waals surface area contributed by atoms with E-state index in [0.29, 0.717) is 0 Å². The van der Waals surface area contributed by atoms with Crippen LogP contribution in [0.25, 0.3) is 0 Å². The summed E-state index contributed by atoms with van der Waals surface area (Å²) in [4.78, 5) is 5.21. The number of aliphatic hydroxyl groups is 1. The highest BCUT2D eigenvalue weighted by Crippen LogP contribution is 2.18. The second kappa shape index (κ2) is 5.00. The summed E-state index contributed by atoms with van der Waals surface area (Å²) in [6, 6.07) is 3.89. The quantitative estimate of drug-likeness (QED) is 0.690. The van der Waals surface area contributed by atoms with Gasteiger partial charge in [-0.25, -0.2) is 4.98 Å². The Morgan fingerprint density at radius 3 is 3.17 bits per heavy atom. The third-order valence-electron chi connectivity index (χ3n) is 1.35. The van der Waals surface area contributed by atoms with Crippen molar-refractivity contribution in [2.24, 2.45) is 0 Å². The molecule has 1 heterocycles. The van der Waals surface area contributed by atoms with Crippen molar-refractivity contribution >= 4 is 17.6 Å². The summed E-state index contributed by atoms with van der Waals surface area (Å²) >= 11 is 1.62. The van der Waals surface area contributed by atoms with E-state index < -0.39 is 0 Å². The number of rotatable bonds is 4. The van der Waals surface area contributed by atoms with E-state index in [1.54, 1.807) is 18.0 Å². The van der Waals surface area contributed by atoms with Crippen molar-refractivity contribution in [2.45, 2.75) is 4.90 Å². The summed E-state index contributed by atoms with van der Waals surface area (Å²) in [6.07, 6.45) is 1.76. The molecule has 12 heavy (non-hydrogen) atoms. The summed E-state index contributed by atoms with van der Waals surface area (Å²) in [5.41, 5.74) is 0. The van der Waals surface area contributed by atoms with Crippen LogP contribution in [0.4, 0.5) is 5.82 Å². The van der Waals surface area contributed by atoms with Gasteiger partial charge in [-0.1, -0.05) is 0 Å². The van der Waals surface area contributed by atoms with Crippen molar-refractivity contribution in [3.05, 3.63) is 18.3 Å². The van der Waals surface area contributed by atoms with Crippen LogP contribution < -0.4 is 5.32 Å². The molecule has 1 aromatic heterocycles. The first kappa shape index (κ1) is 9.35. The van der Waals surface area contributed by atoms with Gasteiger partial charge in [0.25, 0.3) is 0 Å². The molecule has 0 aliphatic heterocycles. The minimum Gasteiger partial charge on any atom is -0.396 e. The molecular formula is C8H12N2OS. The SMILES string of the molecule is CNc1cc(SCCO)ccn1. The van der Waals surface area contributed by atoms with E-state index in [1.165, 1.54) is 0 Å². The van der Waals surface area contributed by atoms with Gasteiger partial charge in [0.2, 0.25) is 0 Å². The Kier molecular flexibility index (Phi) is 3.90. The molecule has 0 spiro atoms. The maximum absolute atomic E-state index is 8.60. The lowest BCUT2D eigenvalue weighted by atomic mass is 10.5. The number of hydrogen-bond donors (Lipinski definition) is 2. The van der Waals surface area contributed by atoms with Gasteiger partial charge in [0.15, 0.2) is 0 Å². The number of nitrogens with zero attached hydrogens (tertiary/aromatic N) is 1. The molecule has 2 N–H and O–H groups in total. The molecule has 4 heteroatoms. The average Bonchev–Trinajstić information content (AvgIpc) is 2.15. The topological polar surface area (TPSA) is 45.1 Å². The number of aromatic nitrogens is 1. The van der Waals surface area contributed by atoms with E-state index in [1.807, 2.05) is 19.2 Å². The van der Waals surface area contributed by atoms with Crippen LogP contribution in [0.1, 0.15) is 0 Å². The zero-order valence-electron chi connectivity index (χ0n) is 6.95. The predicted octanol–water partition coefficient (Wildman–Crippen LogP) is 1.21. The third kappa shape index (κ3) is 2.71. The summed E-state index contributed by atoms with van der Waals surface area (Å²) in [7, 11) is 1.84. The van der Waals surface area contributed by atoms with Crippen LogP contribution in [0.5, 0.6) is 0 Å². The molecule has 66 valence electrons. The lowest BCUT2D eigenvalue weighted by Crippen LogP contribution is -1.92. The number of hydrogen-bond acceptors (Lipinski definition) is 4. The van der Waals surface area contributed by atoms with E-state index in [-0.39, 0.29) is 6.61 Å². The maximum atomic E-state index is 8.60. The molecule has 0 radical (unpaired) electrons. The number of anilines is 1. The summed E-state index contributed by atoms with van der Waals surface area (Å²) in [5, 5.41) is 11.6. The van der Waals surface area contributed by atoms with Crippen molar-refractivity contribution in [2.75, 3.05) is 24.7 Å². The number of aliphatic hydroxyl groups excluding tert-OH is 1. The molecular weight excluding hydrogens is 172 g/mol. The number of nitrogens with one attached hydrogen (secondary N) is 1. The lowest BCUT2D eigenvalue weighted by molar-refractivity contribution is 0.322. The fourth-order valence-electron chi connectivity index (χ4n) is 0.801. The Morgan fingerprint density at radius 2 is 2.50 bits per heavy atom. The molecule has 0 aromatic carbocycles. The first-order chi connectivity index (χ1) is 5.86. The van der Waals surface area contributed by atoms with E-state index in [4.69, 9.17) is 5.11 Å². The molecule has 0 fully saturated rings. The standard InChI is InChI=1S/C8H12N2OS/c1-9-8-6-7(2-3-10-8)12-5-4-11/h2-3,6,11H,4-5H2,1H3,(H,9,10). The minimum absolute atomic E-state index is 0.210. The van der Waals surface area contributed by atoms with Gasteiger partial charge >= 0.3 is 0 Å². The van der Waals surface area contributed by atoms with Crippen LogP contribution in [-0.2, 0) is 0 Å². The maximum Gasteiger partial charge on any atom is 0.126 e. The summed E-state index contributed by atoms with van der Waals surface area (Å²) in [5.74, 6) is 1.59. The highest BCUT2D eigenvalue weighted by molar-refractivity contribution is 7.99. The smallest absolute Gasteiger partial charge is 0.126 e. The van der Waals surface area contributed by atoms with Crippen molar-refractivity contribution in [1.29, 1.82) is 0 Å². The van der Waals surface area contributed by atoms with Crippen LogP contribution in [0.3, 0.4) is 0 Å². The lowest BCUT2D eigenvalue weighted by Gasteiger charge is -2.01. The van der Waals surface area contributed by atoms with Gasteiger partial charge in [0.1, 0.15) is 5.82 Å². The molecule has 0 amide bonds. The number of thioether (sulfide) groups is 1. The van der Waals surface area contributed by atoms with Crippen LogP contribution in [0.2, 0.25) is 0 Å². The van der Waals surface area contributed by atoms with E-state index in [0.717, 1.165) is 16.5 Å². The number of pyridine rings is 1. The summed E-state index contributed by atoms with van der Waals surface area (Å²) in [6.45, 7) is 0.210. The molecule has 0 aliphatic carbocycles. The summed E-state index contributed by atoms with van der Waals surface area (Å²) < 4.78 is 0. The van der Waals surface area contributed by atoms with Gasteiger partial charge in [0.05, 0.1) is 6.61 Å². The van der Waals surface area contributed by atoms with Crippen molar-refractivity contribution in [3.8, 4) is 0 Å². The fourth-order valence-corrected chi connectivity index (χ4v) is 1.48. The third-order valence-corrected chi connectivity index (χ3v) is 2.32. The highest BCUT2D eigenvalue weighted by Gasteiger charge is 1.94. The normalized spacial score (nSPS) is 9.83. The Bertz CT molecular complexity index is 242. The van der Waals surface area contributed by atoms with Crippen LogP contribution in [0, 0.1) is 0 Å². The first-order valence-corrected chi connectivity index (χ1v) is 4.73. The van der Waals surface area contributed by atoms with Gasteiger partial charge in [-0.2, -0.15) is 0 Å². The van der Waals surface area contributed by atoms with Crippen LogP contribution >= 0.6 is 11.8 Å². The molecule has 3 nitrogen and oxygen atoms in total. The molecule has 0 saturated carbocycles. The van der Waals surface area contributed by atoms with Crippen molar-refractivity contribution in [1.82, 2.24) is 4.98 Å². The van der Waals surface area contributed by atoms with Crippen molar-refractivity contribution in [3.63, 3.8) is 0 Å². The first-order valence-electron chi connectivity index (χ1n) is 3.74. The van der Waals surface area contributed by atoms with Crippen LogP contribution in [-0.4, -0.2) is 29.5 Å². The molecule has 0 saturated heterocycles. The molecule has 1 rings (SSSR count). The zero-order valence-corrected chi connectivity index (χ0v) is 7.77. The molecule has 0 bridgehead atoms. The predicted molar refractivity (Wildman–Crippen MR) is 51.6 cm³/mol. The highest BCUT2D eigenvalue weighted by atomic mass is 32.2. The average molecular weight is 184 g/mol. The largest absolute Gasteiger partial charge is 0.396 e. The van der Waals surface area contributed by atoms with E-state index in [9.17, 15) is 0 Å². The van der Waals surface area contributed by atoms with Gasteiger partial charge in [-0.3, -0.25) is 0 Å². The van der Waals surface area contributed by atoms with Gasteiger partial charge < -0.3 is 10.4 Å². The second-order valence-corrected chi connectivity index (χ2v) is 3.37. The van der Waals surface area contributed by atoms with Gasteiger partial charge in [-0.15, -0.1) is 11.8 Å². The Hall–Kier alpha value is -0.740. The molecule has 0 unspecified atom stereocenters. The van der Waals surface area contributed by atoms with Crippen molar-refractivity contribution < 1.29 is 5.11 Å². The molecule has 0 aliphatic rings. The minimum atomic E-state index is 0.210. The Morgan fingerprint density at radius 1 is 1.67 bits per heavy atom. The zero-order chi connectivity index (χ0) is 8.81.